The molecule has 0 aliphatic carbocycles. The van der Waals surface area contributed by atoms with Crippen LogP contribution in [0.1, 0.15) is 33.3 Å². The summed E-state index contributed by atoms with van der Waals surface area (Å²) in [6.07, 6.45) is 3.82. The Morgan fingerprint density at radius 1 is 0.968 bits per heavy atom. The summed E-state index contributed by atoms with van der Waals surface area (Å²) in [7, 11) is 0. The number of aromatic nitrogens is 3. The van der Waals surface area contributed by atoms with Crippen LogP contribution in [0.4, 0.5) is 8.78 Å². The van der Waals surface area contributed by atoms with Gasteiger partial charge in [-0.2, -0.15) is 5.10 Å². The molecule has 0 N–H and O–H groups in total. The number of carbonyl (C=O) groups is 2. The maximum Gasteiger partial charge on any atom is 0.257 e. The van der Waals surface area contributed by atoms with Gasteiger partial charge in [0.2, 0.25) is 0 Å². The fraction of sp³-hybridized carbons (Fsp3) is 0.273. The second-order valence-corrected chi connectivity index (χ2v) is 7.17. The number of benzene rings is 1. The van der Waals surface area contributed by atoms with E-state index in [0.717, 1.165) is 17.8 Å². The molecule has 2 aromatic heterocycles. The third-order valence-electron chi connectivity index (χ3n) is 5.32. The number of halogens is 2. The highest BCUT2D eigenvalue weighted by Gasteiger charge is 2.28. The predicted molar refractivity (Wildman–Crippen MR) is 109 cm³/mol. The number of nitrogens with zero attached hydrogens (tertiary/aromatic N) is 5. The quantitative estimate of drug-likeness (QED) is 0.645. The third kappa shape index (κ3) is 4.03. The number of amides is 2. The van der Waals surface area contributed by atoms with Gasteiger partial charge in [-0.1, -0.05) is 13.0 Å². The number of hydrogen-bond acceptors (Lipinski definition) is 4. The molecular formula is C22H21F2N5O2. The zero-order valence-corrected chi connectivity index (χ0v) is 17.0. The van der Waals surface area contributed by atoms with Gasteiger partial charge in [0.25, 0.3) is 11.8 Å². The molecule has 1 saturated heterocycles. The van der Waals surface area contributed by atoms with E-state index in [1.807, 2.05) is 25.1 Å². The maximum absolute atomic E-state index is 13.4. The molecule has 0 atom stereocenters. The van der Waals surface area contributed by atoms with Gasteiger partial charge in [0, 0.05) is 37.9 Å². The predicted octanol–water partition coefficient (Wildman–Crippen LogP) is 2.71. The highest BCUT2D eigenvalue weighted by molar-refractivity contribution is 5.96. The largest absolute Gasteiger partial charge is 0.335 e. The van der Waals surface area contributed by atoms with Crippen LogP contribution in [0, 0.1) is 11.6 Å². The minimum Gasteiger partial charge on any atom is -0.335 e. The molecule has 9 heteroatoms. The second-order valence-electron chi connectivity index (χ2n) is 7.17. The van der Waals surface area contributed by atoms with Gasteiger partial charge < -0.3 is 9.80 Å². The molecule has 2 amide bonds. The first kappa shape index (κ1) is 20.6. The molecule has 7 nitrogen and oxygen atoms in total. The summed E-state index contributed by atoms with van der Waals surface area (Å²) in [5.41, 5.74) is 1.36. The lowest BCUT2D eigenvalue weighted by Gasteiger charge is -2.34. The van der Waals surface area contributed by atoms with Crippen molar-refractivity contribution in [3.8, 4) is 5.82 Å². The van der Waals surface area contributed by atoms with Crippen LogP contribution in [-0.4, -0.2) is 62.6 Å². The molecule has 0 radical (unpaired) electrons. The summed E-state index contributed by atoms with van der Waals surface area (Å²) in [5.74, 6) is -1.95. The average molecular weight is 425 g/mol. The van der Waals surface area contributed by atoms with Gasteiger partial charge in [0.1, 0.15) is 0 Å². The molecule has 31 heavy (non-hydrogen) atoms. The van der Waals surface area contributed by atoms with Gasteiger partial charge >= 0.3 is 0 Å². The van der Waals surface area contributed by atoms with Crippen LogP contribution >= 0.6 is 0 Å². The van der Waals surface area contributed by atoms with E-state index in [1.54, 1.807) is 22.0 Å². The lowest BCUT2D eigenvalue weighted by molar-refractivity contribution is 0.0534. The summed E-state index contributed by atoms with van der Waals surface area (Å²) in [5, 5.41) is 4.35. The first-order valence-corrected chi connectivity index (χ1v) is 10.0. The van der Waals surface area contributed by atoms with Gasteiger partial charge in [-0.25, -0.2) is 18.4 Å². The highest BCUT2D eigenvalue weighted by atomic mass is 19.2. The SMILES string of the molecule is CCc1c(C(=O)N2CCN(C(=O)c3ccc(F)c(F)c3)CC2)cnn1-c1ccccn1. The Labute approximate surface area is 177 Å². The summed E-state index contributed by atoms with van der Waals surface area (Å²) < 4.78 is 28.2. The maximum atomic E-state index is 13.4. The van der Waals surface area contributed by atoms with Crippen LogP contribution in [0.2, 0.25) is 0 Å². The fourth-order valence-electron chi connectivity index (χ4n) is 3.66. The van der Waals surface area contributed by atoms with Crippen molar-refractivity contribution in [1.29, 1.82) is 0 Å². The van der Waals surface area contributed by atoms with E-state index >= 15 is 0 Å². The van der Waals surface area contributed by atoms with Crippen LogP contribution in [-0.2, 0) is 6.42 Å². The number of pyridine rings is 1. The second kappa shape index (κ2) is 8.63. The Morgan fingerprint density at radius 3 is 2.29 bits per heavy atom. The van der Waals surface area contributed by atoms with E-state index in [4.69, 9.17) is 0 Å². The molecular weight excluding hydrogens is 404 g/mol. The van der Waals surface area contributed by atoms with Crippen LogP contribution in [0.15, 0.2) is 48.8 Å². The van der Waals surface area contributed by atoms with Crippen LogP contribution in [0.25, 0.3) is 5.82 Å². The van der Waals surface area contributed by atoms with E-state index in [2.05, 4.69) is 10.1 Å². The summed E-state index contributed by atoms with van der Waals surface area (Å²) >= 11 is 0. The van der Waals surface area contributed by atoms with Gasteiger partial charge in [-0.05, 0) is 36.8 Å². The van der Waals surface area contributed by atoms with Crippen molar-refractivity contribution >= 4 is 11.8 Å². The summed E-state index contributed by atoms with van der Waals surface area (Å²) in [6.45, 7) is 3.24. The molecule has 0 bridgehead atoms. The van der Waals surface area contributed by atoms with Crippen LogP contribution < -0.4 is 0 Å². The average Bonchev–Trinajstić information content (AvgIpc) is 3.24. The first-order valence-electron chi connectivity index (χ1n) is 10.0. The van der Waals surface area contributed by atoms with Gasteiger partial charge in [-0.15, -0.1) is 0 Å². The first-order chi connectivity index (χ1) is 15.0. The molecule has 3 heterocycles. The summed E-state index contributed by atoms with van der Waals surface area (Å²) in [6, 6.07) is 8.59. The monoisotopic (exact) mass is 425 g/mol. The topological polar surface area (TPSA) is 71.3 Å². The number of piperazine rings is 1. The molecule has 0 saturated carbocycles. The zero-order valence-electron chi connectivity index (χ0n) is 17.0. The molecule has 1 aliphatic rings. The Hall–Kier alpha value is -3.62. The third-order valence-corrected chi connectivity index (χ3v) is 5.32. The van der Waals surface area contributed by atoms with E-state index < -0.39 is 11.6 Å². The van der Waals surface area contributed by atoms with Gasteiger partial charge in [-0.3, -0.25) is 9.59 Å². The molecule has 160 valence electrons. The fourth-order valence-corrected chi connectivity index (χ4v) is 3.66. The zero-order chi connectivity index (χ0) is 22.0. The Morgan fingerprint density at radius 2 is 1.68 bits per heavy atom. The van der Waals surface area contributed by atoms with Gasteiger partial charge in [0.15, 0.2) is 17.5 Å². The molecule has 1 aliphatic heterocycles. The van der Waals surface area contributed by atoms with Crippen molar-refractivity contribution in [3.05, 3.63) is 77.2 Å². The smallest absolute Gasteiger partial charge is 0.257 e. The molecule has 0 spiro atoms. The lowest BCUT2D eigenvalue weighted by atomic mass is 10.1. The normalized spacial score (nSPS) is 14.0. The lowest BCUT2D eigenvalue weighted by Crippen LogP contribution is -2.50. The van der Waals surface area contributed by atoms with E-state index in [0.29, 0.717) is 44.0 Å². The van der Waals surface area contributed by atoms with Crippen molar-refractivity contribution in [2.75, 3.05) is 26.2 Å². The van der Waals surface area contributed by atoms with Crippen molar-refractivity contribution in [2.24, 2.45) is 0 Å². The Balaban J connectivity index is 1.46. The minimum atomic E-state index is -1.06. The molecule has 1 fully saturated rings. The minimum absolute atomic E-state index is 0.0867. The van der Waals surface area contributed by atoms with Crippen molar-refractivity contribution in [2.45, 2.75) is 13.3 Å². The van der Waals surface area contributed by atoms with Crippen molar-refractivity contribution < 1.29 is 18.4 Å². The number of rotatable bonds is 4. The number of hydrogen-bond donors (Lipinski definition) is 0. The summed E-state index contributed by atoms with van der Waals surface area (Å²) in [4.78, 5) is 33.2. The molecule has 1 aromatic carbocycles. The van der Waals surface area contributed by atoms with Crippen LogP contribution in [0.3, 0.4) is 0 Å². The molecule has 3 aromatic rings. The number of carbonyl (C=O) groups excluding carboxylic acids is 2. The molecule has 4 rings (SSSR count). The van der Waals surface area contributed by atoms with Crippen molar-refractivity contribution in [3.63, 3.8) is 0 Å². The highest BCUT2D eigenvalue weighted by Crippen LogP contribution is 2.18. The van der Waals surface area contributed by atoms with E-state index in [9.17, 15) is 18.4 Å². The van der Waals surface area contributed by atoms with Crippen LogP contribution in [0.5, 0.6) is 0 Å². The Kier molecular flexibility index (Phi) is 5.75. The Bertz CT molecular complexity index is 1110. The molecule has 0 unspecified atom stereocenters. The van der Waals surface area contributed by atoms with E-state index in [1.165, 1.54) is 11.0 Å². The van der Waals surface area contributed by atoms with Crippen molar-refractivity contribution in [1.82, 2.24) is 24.6 Å². The van der Waals surface area contributed by atoms with Gasteiger partial charge in [0.05, 0.1) is 17.5 Å². The standard InChI is InChI=1S/C22H21F2N5O2/c1-2-19-16(14-26-29(19)20-5-3-4-8-25-20)22(31)28-11-9-27(10-12-28)21(30)15-6-7-17(23)18(24)13-15/h3-8,13-14H,2,9-12H2,1H3. The van der Waals surface area contributed by atoms with E-state index in [-0.39, 0.29) is 17.4 Å².